The number of nitrogens with one attached hydrogen (secondary N) is 1. The summed E-state index contributed by atoms with van der Waals surface area (Å²) in [5.74, 6) is 1.11. The Morgan fingerprint density at radius 2 is 1.94 bits per heavy atom. The number of rotatable bonds is 3. The third-order valence-electron chi connectivity index (χ3n) is 8.15. The summed E-state index contributed by atoms with van der Waals surface area (Å²) in [6.45, 7) is 4.28. The molecule has 1 amide bonds. The Bertz CT molecular complexity index is 940. The van der Waals surface area contributed by atoms with Crippen molar-refractivity contribution < 1.29 is 32.2 Å². The van der Waals surface area contributed by atoms with Crippen molar-refractivity contribution in [1.82, 2.24) is 10.2 Å². The molecule has 4 heterocycles. The van der Waals surface area contributed by atoms with E-state index in [0.717, 1.165) is 56.5 Å². The average molecular weight is 452 g/mol. The van der Waals surface area contributed by atoms with Gasteiger partial charge in [0.2, 0.25) is 0 Å². The zero-order chi connectivity index (χ0) is 22.3. The van der Waals surface area contributed by atoms with Crippen molar-refractivity contribution in [3.8, 4) is 5.75 Å². The van der Waals surface area contributed by atoms with E-state index in [-0.39, 0.29) is 29.9 Å². The Balaban J connectivity index is 1.02. The summed E-state index contributed by atoms with van der Waals surface area (Å²) in [5, 5.41) is 2.93. The van der Waals surface area contributed by atoms with Gasteiger partial charge in [0.25, 0.3) is 0 Å². The first kappa shape index (κ1) is 20.6. The van der Waals surface area contributed by atoms with Crippen molar-refractivity contribution in [1.29, 1.82) is 0 Å². The number of hydrogen-bond donors (Lipinski definition) is 1. The van der Waals surface area contributed by atoms with E-state index in [4.69, 9.17) is 14.2 Å². The molecule has 0 aromatic heterocycles. The van der Waals surface area contributed by atoms with Crippen LogP contribution in [0.15, 0.2) is 18.2 Å². The van der Waals surface area contributed by atoms with Gasteiger partial charge < -0.3 is 19.5 Å². The highest BCUT2D eigenvalue weighted by Gasteiger charge is 2.60. The number of carbonyl (C=O) groups is 1. The second-order valence-corrected chi connectivity index (χ2v) is 10.4. The van der Waals surface area contributed by atoms with Gasteiger partial charge in [-0.1, -0.05) is 6.07 Å². The van der Waals surface area contributed by atoms with E-state index >= 15 is 0 Å². The minimum absolute atomic E-state index is 0.139. The van der Waals surface area contributed by atoms with Gasteiger partial charge in [-0.15, -0.1) is 0 Å². The Morgan fingerprint density at radius 1 is 1.19 bits per heavy atom. The number of nitrogens with zero attached hydrogens (tertiary/aromatic N) is 1. The highest BCUT2D eigenvalue weighted by molar-refractivity contribution is 5.71. The first-order chi connectivity index (χ1) is 15.1. The molecular formula is C23H27F3N2O4. The third-order valence-corrected chi connectivity index (χ3v) is 8.15. The molecule has 4 fully saturated rings. The number of amides is 1. The number of benzene rings is 1. The van der Waals surface area contributed by atoms with Crippen LogP contribution in [0.1, 0.15) is 43.7 Å². The summed E-state index contributed by atoms with van der Waals surface area (Å²) in [6, 6.07) is 3.85. The smallest absolute Gasteiger partial charge is 0.416 e. The van der Waals surface area contributed by atoms with Crippen molar-refractivity contribution in [3.63, 3.8) is 0 Å². The number of carbonyl (C=O) groups excluding carboxylic acids is 1. The first-order valence-electron chi connectivity index (χ1n) is 11.4. The standard InChI is InChI=1S/C23H27F3N2O4/c1-21(9-13-2-3-16(23(24,25)26)8-17(13)32-21)15-4-6-28(7-5-15)19-18(31-19)14-10-22(11-14)12-30-20(29)27-22/h2-3,8,14-15,18-19H,4-7,9-12H2,1H3,(H,27,29). The van der Waals surface area contributed by atoms with E-state index in [1.165, 1.54) is 0 Å². The number of likely N-dealkylation sites (tertiary alicyclic amines) is 1. The van der Waals surface area contributed by atoms with Crippen LogP contribution < -0.4 is 10.1 Å². The first-order valence-corrected chi connectivity index (χ1v) is 11.4. The highest BCUT2D eigenvalue weighted by atomic mass is 19.4. The van der Waals surface area contributed by atoms with Crippen LogP contribution in [0.2, 0.25) is 0 Å². The SMILES string of the molecule is CC1(C2CCN(C3OC3C3CC4(COC(=O)N4)C3)CC2)Cc2ccc(C(F)(F)F)cc2O1. The summed E-state index contributed by atoms with van der Waals surface area (Å²) >= 11 is 0. The zero-order valence-corrected chi connectivity index (χ0v) is 17.9. The minimum Gasteiger partial charge on any atom is -0.487 e. The molecule has 6 nitrogen and oxygen atoms in total. The fourth-order valence-electron chi connectivity index (χ4n) is 6.27. The summed E-state index contributed by atoms with van der Waals surface area (Å²) in [4.78, 5) is 13.7. The predicted octanol–water partition coefficient (Wildman–Crippen LogP) is 3.72. The van der Waals surface area contributed by atoms with Crippen LogP contribution in [0.25, 0.3) is 0 Å². The average Bonchev–Trinajstić information content (AvgIpc) is 3.28. The number of alkyl halides is 3. The predicted molar refractivity (Wildman–Crippen MR) is 107 cm³/mol. The molecule has 174 valence electrons. The van der Waals surface area contributed by atoms with Gasteiger partial charge >= 0.3 is 12.3 Å². The number of ether oxygens (including phenoxy) is 3. The number of epoxide rings is 1. The van der Waals surface area contributed by atoms with Crippen molar-refractivity contribution in [2.75, 3.05) is 19.7 Å². The summed E-state index contributed by atoms with van der Waals surface area (Å²) in [6.07, 6.45) is -0.00737. The molecule has 3 atom stereocenters. The summed E-state index contributed by atoms with van der Waals surface area (Å²) < 4.78 is 56.3. The number of piperidine rings is 1. The number of hydrogen-bond acceptors (Lipinski definition) is 5. The van der Waals surface area contributed by atoms with E-state index in [9.17, 15) is 18.0 Å². The van der Waals surface area contributed by atoms with Crippen LogP contribution in [-0.4, -0.2) is 54.2 Å². The van der Waals surface area contributed by atoms with Gasteiger partial charge in [-0.3, -0.25) is 4.90 Å². The quantitative estimate of drug-likeness (QED) is 0.709. The molecule has 0 radical (unpaired) electrons. The van der Waals surface area contributed by atoms with Crippen LogP contribution in [0.5, 0.6) is 5.75 Å². The number of cyclic esters (lactones) is 1. The maximum atomic E-state index is 13.1. The maximum absolute atomic E-state index is 13.1. The molecule has 5 aliphatic rings. The van der Waals surface area contributed by atoms with Gasteiger partial charge in [0.15, 0.2) is 0 Å². The normalized spacial score (nSPS) is 39.2. The van der Waals surface area contributed by atoms with E-state index in [2.05, 4.69) is 10.2 Å². The molecule has 0 bridgehead atoms. The lowest BCUT2D eigenvalue weighted by molar-refractivity contribution is -0.137. The number of fused-ring (bicyclic) bond motifs is 1. The lowest BCUT2D eigenvalue weighted by Crippen LogP contribution is -2.56. The van der Waals surface area contributed by atoms with Crippen molar-refractivity contribution in [3.05, 3.63) is 29.3 Å². The van der Waals surface area contributed by atoms with Gasteiger partial charge in [-0.05, 0) is 56.2 Å². The maximum Gasteiger partial charge on any atom is 0.416 e. The topological polar surface area (TPSA) is 63.3 Å². The van der Waals surface area contributed by atoms with Crippen LogP contribution in [-0.2, 0) is 22.1 Å². The Hall–Kier alpha value is -2.00. The van der Waals surface area contributed by atoms with Gasteiger partial charge in [-0.25, -0.2) is 4.79 Å². The lowest BCUT2D eigenvalue weighted by atomic mass is 9.67. The second kappa shape index (κ2) is 6.76. The molecule has 1 saturated carbocycles. The van der Waals surface area contributed by atoms with Gasteiger partial charge in [0.1, 0.15) is 30.3 Å². The number of alkyl carbamates (subject to hydrolysis) is 1. The minimum atomic E-state index is -4.36. The summed E-state index contributed by atoms with van der Waals surface area (Å²) in [5.41, 5.74) is -0.450. The highest BCUT2D eigenvalue weighted by Crippen LogP contribution is 2.50. The number of halogens is 3. The van der Waals surface area contributed by atoms with Crippen molar-refractivity contribution >= 4 is 6.09 Å². The molecule has 3 unspecified atom stereocenters. The third kappa shape index (κ3) is 3.36. The molecule has 9 heteroatoms. The molecule has 4 aliphatic heterocycles. The molecule has 1 aromatic rings. The lowest BCUT2D eigenvalue weighted by Gasteiger charge is -2.43. The molecule has 32 heavy (non-hydrogen) atoms. The van der Waals surface area contributed by atoms with E-state index in [0.29, 0.717) is 24.7 Å². The van der Waals surface area contributed by atoms with Crippen LogP contribution in [0.4, 0.5) is 18.0 Å². The van der Waals surface area contributed by atoms with Crippen molar-refractivity contribution in [2.45, 2.75) is 68.7 Å². The van der Waals surface area contributed by atoms with E-state index < -0.39 is 17.3 Å². The molecular weight excluding hydrogens is 425 g/mol. The Kier molecular flexibility index (Phi) is 4.35. The summed E-state index contributed by atoms with van der Waals surface area (Å²) in [7, 11) is 0. The molecule has 1 spiro atoms. The molecule has 1 aliphatic carbocycles. The van der Waals surface area contributed by atoms with Gasteiger partial charge in [-0.2, -0.15) is 13.2 Å². The Labute approximate surface area is 184 Å². The van der Waals surface area contributed by atoms with Crippen molar-refractivity contribution in [2.24, 2.45) is 11.8 Å². The van der Waals surface area contributed by atoms with Crippen LogP contribution in [0.3, 0.4) is 0 Å². The van der Waals surface area contributed by atoms with Gasteiger partial charge in [0.05, 0.1) is 11.1 Å². The molecule has 3 saturated heterocycles. The van der Waals surface area contributed by atoms with Crippen LogP contribution in [0, 0.1) is 11.8 Å². The van der Waals surface area contributed by atoms with E-state index in [1.807, 2.05) is 6.92 Å². The molecule has 1 N–H and O–H groups in total. The molecule has 6 rings (SSSR count). The monoisotopic (exact) mass is 452 g/mol. The van der Waals surface area contributed by atoms with Gasteiger partial charge in [0, 0.05) is 25.4 Å². The van der Waals surface area contributed by atoms with Crippen LogP contribution >= 0.6 is 0 Å². The largest absolute Gasteiger partial charge is 0.487 e. The Morgan fingerprint density at radius 3 is 2.59 bits per heavy atom. The fourth-order valence-corrected chi connectivity index (χ4v) is 6.27. The second-order valence-electron chi connectivity index (χ2n) is 10.4. The van der Waals surface area contributed by atoms with E-state index in [1.54, 1.807) is 6.07 Å². The molecule has 1 aromatic carbocycles. The zero-order valence-electron chi connectivity index (χ0n) is 17.9. The fraction of sp³-hybridized carbons (Fsp3) is 0.696.